The van der Waals surface area contributed by atoms with Crippen molar-refractivity contribution in [3.05, 3.63) is 23.3 Å². The molecule has 0 aromatic rings. The third-order valence-corrected chi connectivity index (χ3v) is 2.67. The van der Waals surface area contributed by atoms with Gasteiger partial charge in [0.2, 0.25) is 0 Å². The Hall–Kier alpha value is -1.58. The molecule has 0 atom stereocenters. The number of carbonyl (C=O) groups is 2. The minimum atomic E-state index is -0.306. The number of carbonyl (C=O) groups excluding carboxylic acids is 2. The summed E-state index contributed by atoms with van der Waals surface area (Å²) >= 11 is 0. The highest BCUT2D eigenvalue weighted by atomic mass is 16.5. The van der Waals surface area contributed by atoms with Crippen molar-refractivity contribution < 1.29 is 19.1 Å². The Labute approximate surface area is 128 Å². The highest BCUT2D eigenvalue weighted by Gasteiger charge is 2.06. The van der Waals surface area contributed by atoms with Gasteiger partial charge in [0.05, 0.1) is 0 Å². The van der Waals surface area contributed by atoms with Crippen LogP contribution in [0.4, 0.5) is 0 Å². The molecule has 0 amide bonds. The van der Waals surface area contributed by atoms with Crippen LogP contribution >= 0.6 is 0 Å². The fraction of sp³-hybridized carbons (Fsp3) is 0.647. The molecular weight excluding hydrogens is 268 g/mol. The summed E-state index contributed by atoms with van der Waals surface area (Å²) in [4.78, 5) is 22.3. The van der Waals surface area contributed by atoms with E-state index in [0.717, 1.165) is 18.4 Å². The van der Waals surface area contributed by atoms with Gasteiger partial charge in [-0.3, -0.25) is 9.59 Å². The number of esters is 2. The van der Waals surface area contributed by atoms with Crippen molar-refractivity contribution in [3.8, 4) is 0 Å². The maximum absolute atomic E-state index is 11.5. The fourth-order valence-corrected chi connectivity index (χ4v) is 1.62. The van der Waals surface area contributed by atoms with Crippen LogP contribution in [0.1, 0.15) is 53.9 Å². The first-order valence-electron chi connectivity index (χ1n) is 7.41. The molecule has 0 aromatic heterocycles. The third-order valence-electron chi connectivity index (χ3n) is 2.67. The quantitative estimate of drug-likeness (QED) is 0.479. The van der Waals surface area contributed by atoms with E-state index >= 15 is 0 Å². The lowest BCUT2D eigenvalue weighted by atomic mass is 10.1. The molecule has 0 aromatic carbocycles. The lowest BCUT2D eigenvalue weighted by Gasteiger charge is -2.08. The van der Waals surface area contributed by atoms with Gasteiger partial charge in [0.15, 0.2) is 0 Å². The molecule has 0 aliphatic heterocycles. The smallest absolute Gasteiger partial charge is 0.306 e. The van der Waals surface area contributed by atoms with Crippen LogP contribution in [0.5, 0.6) is 0 Å². The summed E-state index contributed by atoms with van der Waals surface area (Å²) in [6, 6.07) is 0. The summed E-state index contributed by atoms with van der Waals surface area (Å²) < 4.78 is 10.2. The van der Waals surface area contributed by atoms with Gasteiger partial charge in [-0.25, -0.2) is 0 Å². The van der Waals surface area contributed by atoms with Gasteiger partial charge < -0.3 is 9.47 Å². The van der Waals surface area contributed by atoms with Crippen LogP contribution in [0.2, 0.25) is 0 Å². The van der Waals surface area contributed by atoms with Crippen molar-refractivity contribution in [2.45, 2.75) is 53.9 Å². The van der Waals surface area contributed by atoms with E-state index in [9.17, 15) is 9.59 Å². The molecular formula is C17H28O4. The topological polar surface area (TPSA) is 52.6 Å². The highest BCUT2D eigenvalue weighted by Crippen LogP contribution is 2.09. The van der Waals surface area contributed by atoms with Crippen LogP contribution < -0.4 is 0 Å². The van der Waals surface area contributed by atoms with Crippen molar-refractivity contribution in [1.29, 1.82) is 0 Å². The molecule has 0 bridgehead atoms. The Morgan fingerprint density at radius 3 is 2.24 bits per heavy atom. The summed E-state index contributed by atoms with van der Waals surface area (Å²) in [6.07, 6.45) is 6.06. The molecule has 0 saturated heterocycles. The van der Waals surface area contributed by atoms with Crippen LogP contribution in [0.3, 0.4) is 0 Å². The number of ether oxygens (including phenoxy) is 2. The van der Waals surface area contributed by atoms with E-state index in [0.29, 0.717) is 12.3 Å². The second-order valence-corrected chi connectivity index (χ2v) is 5.74. The molecule has 4 nitrogen and oxygen atoms in total. The molecule has 0 rings (SSSR count). The summed E-state index contributed by atoms with van der Waals surface area (Å²) in [5, 5.41) is 0. The van der Waals surface area contributed by atoms with Crippen molar-refractivity contribution in [1.82, 2.24) is 0 Å². The highest BCUT2D eigenvalue weighted by molar-refractivity contribution is 5.69. The van der Waals surface area contributed by atoms with Crippen LogP contribution in [0.15, 0.2) is 23.3 Å². The van der Waals surface area contributed by atoms with E-state index in [1.165, 1.54) is 12.5 Å². The van der Waals surface area contributed by atoms with Gasteiger partial charge in [-0.15, -0.1) is 0 Å². The summed E-state index contributed by atoms with van der Waals surface area (Å²) in [5.74, 6) is -0.211. The van der Waals surface area contributed by atoms with Crippen LogP contribution in [-0.2, 0) is 19.1 Å². The normalized spacial score (nSPS) is 11.2. The number of hydrogen-bond donors (Lipinski definition) is 0. The monoisotopic (exact) mass is 296 g/mol. The van der Waals surface area contributed by atoms with Crippen LogP contribution in [0, 0.1) is 5.92 Å². The standard InChI is InChI=1S/C17H28O4/c1-13(2)7-6-8-16(12-21-15(5)18)9-10-20-17(19)11-14(3)4/h7,9,14H,6,8,10-12H2,1-5H3/b16-9+. The summed E-state index contributed by atoms with van der Waals surface area (Å²) in [7, 11) is 0. The molecule has 21 heavy (non-hydrogen) atoms. The van der Waals surface area contributed by atoms with E-state index in [2.05, 4.69) is 6.08 Å². The molecule has 0 aliphatic carbocycles. The SMILES string of the molecule is CC(=O)OC/C(=C/COC(=O)CC(C)C)CCC=C(C)C. The Morgan fingerprint density at radius 1 is 1.05 bits per heavy atom. The van der Waals surface area contributed by atoms with Gasteiger partial charge in [0, 0.05) is 13.3 Å². The van der Waals surface area contributed by atoms with Crippen molar-refractivity contribution in [2.75, 3.05) is 13.2 Å². The van der Waals surface area contributed by atoms with E-state index < -0.39 is 0 Å². The van der Waals surface area contributed by atoms with E-state index in [1.54, 1.807) is 0 Å². The first-order valence-corrected chi connectivity index (χ1v) is 7.41. The second kappa shape index (κ2) is 11.1. The number of allylic oxidation sites excluding steroid dienone is 2. The Balaban J connectivity index is 4.34. The Kier molecular flexibility index (Phi) is 10.3. The zero-order chi connectivity index (χ0) is 16.3. The largest absolute Gasteiger partial charge is 0.461 e. The maximum Gasteiger partial charge on any atom is 0.306 e. The summed E-state index contributed by atoms with van der Waals surface area (Å²) in [6.45, 7) is 9.92. The average Bonchev–Trinajstić information content (AvgIpc) is 2.33. The second-order valence-electron chi connectivity index (χ2n) is 5.74. The predicted octanol–water partition coefficient (Wildman–Crippen LogP) is 3.81. The van der Waals surface area contributed by atoms with Gasteiger partial charge in [-0.05, 0) is 44.3 Å². The Bertz CT molecular complexity index is 388. The minimum absolute atomic E-state index is 0.197. The van der Waals surface area contributed by atoms with E-state index in [4.69, 9.17) is 9.47 Å². The molecule has 0 radical (unpaired) electrons. The molecule has 0 aliphatic rings. The van der Waals surface area contributed by atoms with Crippen LogP contribution in [0.25, 0.3) is 0 Å². The minimum Gasteiger partial charge on any atom is -0.461 e. The maximum atomic E-state index is 11.5. The molecule has 120 valence electrons. The third kappa shape index (κ3) is 13.2. The van der Waals surface area contributed by atoms with Crippen molar-refractivity contribution >= 4 is 11.9 Å². The molecule has 0 fully saturated rings. The molecule has 4 heteroatoms. The molecule has 0 heterocycles. The molecule has 0 unspecified atom stereocenters. The van der Waals surface area contributed by atoms with Gasteiger partial charge in [0.1, 0.15) is 13.2 Å². The first-order chi connectivity index (χ1) is 9.81. The van der Waals surface area contributed by atoms with E-state index in [-0.39, 0.29) is 25.2 Å². The van der Waals surface area contributed by atoms with Crippen LogP contribution in [-0.4, -0.2) is 25.2 Å². The summed E-state index contributed by atoms with van der Waals surface area (Å²) in [5.41, 5.74) is 2.23. The van der Waals surface area contributed by atoms with Gasteiger partial charge in [-0.1, -0.05) is 25.5 Å². The van der Waals surface area contributed by atoms with E-state index in [1.807, 2.05) is 33.8 Å². The fourth-order valence-electron chi connectivity index (χ4n) is 1.62. The zero-order valence-corrected chi connectivity index (χ0v) is 13.9. The Morgan fingerprint density at radius 2 is 1.71 bits per heavy atom. The predicted molar refractivity (Wildman–Crippen MR) is 83.8 cm³/mol. The zero-order valence-electron chi connectivity index (χ0n) is 13.9. The average molecular weight is 296 g/mol. The first kappa shape index (κ1) is 19.4. The number of hydrogen-bond acceptors (Lipinski definition) is 4. The number of rotatable bonds is 9. The molecule has 0 N–H and O–H groups in total. The lowest BCUT2D eigenvalue weighted by Crippen LogP contribution is -2.09. The van der Waals surface area contributed by atoms with Gasteiger partial charge >= 0.3 is 11.9 Å². The van der Waals surface area contributed by atoms with Gasteiger partial charge in [-0.2, -0.15) is 0 Å². The molecule has 0 saturated carbocycles. The van der Waals surface area contributed by atoms with Crippen molar-refractivity contribution in [2.24, 2.45) is 5.92 Å². The lowest BCUT2D eigenvalue weighted by molar-refractivity contribution is -0.143. The van der Waals surface area contributed by atoms with Gasteiger partial charge in [0.25, 0.3) is 0 Å². The van der Waals surface area contributed by atoms with Crippen molar-refractivity contribution in [3.63, 3.8) is 0 Å². The molecule has 0 spiro atoms.